The van der Waals surface area contributed by atoms with E-state index in [9.17, 15) is 4.79 Å². The van der Waals surface area contributed by atoms with E-state index in [1.54, 1.807) is 0 Å². The Hall–Kier alpha value is -1.39. The van der Waals surface area contributed by atoms with Gasteiger partial charge in [0, 0.05) is 19.7 Å². The number of benzene rings is 1. The zero-order valence-corrected chi connectivity index (χ0v) is 10.9. The lowest BCUT2D eigenvalue weighted by Gasteiger charge is -2.07. The number of amides is 1. The van der Waals surface area contributed by atoms with E-state index in [4.69, 9.17) is 10.5 Å². The second-order valence-corrected chi connectivity index (χ2v) is 4.21. The number of ether oxygens (including phenoxy) is 1. The van der Waals surface area contributed by atoms with E-state index in [-0.39, 0.29) is 5.91 Å². The van der Waals surface area contributed by atoms with Gasteiger partial charge in [0.25, 0.3) is 0 Å². The Morgan fingerprint density at radius 3 is 2.83 bits per heavy atom. The van der Waals surface area contributed by atoms with Gasteiger partial charge in [-0.05, 0) is 24.5 Å². The summed E-state index contributed by atoms with van der Waals surface area (Å²) < 4.78 is 5.23. The third-order valence-electron chi connectivity index (χ3n) is 2.66. The van der Waals surface area contributed by atoms with Crippen LogP contribution in [0.3, 0.4) is 0 Å². The summed E-state index contributed by atoms with van der Waals surface area (Å²) >= 11 is 0. The molecule has 0 saturated carbocycles. The van der Waals surface area contributed by atoms with Crippen LogP contribution < -0.4 is 11.1 Å². The first kappa shape index (κ1) is 14.7. The maximum atomic E-state index is 11.7. The van der Waals surface area contributed by atoms with E-state index in [1.807, 2.05) is 31.2 Å². The fraction of sp³-hybridized carbons (Fsp3) is 0.500. The first-order valence-corrected chi connectivity index (χ1v) is 6.33. The summed E-state index contributed by atoms with van der Waals surface area (Å²) in [5.74, 6) is 0.0584. The number of carbonyl (C=O) groups excluding carboxylic acids is 1. The minimum absolute atomic E-state index is 0.0584. The number of nitrogens with one attached hydrogen (secondary N) is 1. The third kappa shape index (κ3) is 5.80. The molecule has 0 bridgehead atoms. The van der Waals surface area contributed by atoms with E-state index < -0.39 is 0 Å². The Balaban J connectivity index is 2.16. The Morgan fingerprint density at radius 1 is 1.33 bits per heavy atom. The Kier molecular flexibility index (Phi) is 7.06. The lowest BCUT2D eigenvalue weighted by molar-refractivity contribution is -0.120. The van der Waals surface area contributed by atoms with Crippen LogP contribution in [-0.2, 0) is 16.0 Å². The molecule has 0 unspecified atom stereocenters. The van der Waals surface area contributed by atoms with Crippen molar-refractivity contribution in [3.63, 3.8) is 0 Å². The van der Waals surface area contributed by atoms with Crippen LogP contribution in [0.5, 0.6) is 0 Å². The highest BCUT2D eigenvalue weighted by atomic mass is 16.5. The third-order valence-corrected chi connectivity index (χ3v) is 2.66. The van der Waals surface area contributed by atoms with Gasteiger partial charge in [-0.3, -0.25) is 4.79 Å². The van der Waals surface area contributed by atoms with Gasteiger partial charge in [0.2, 0.25) is 5.91 Å². The number of hydrogen-bond donors (Lipinski definition) is 2. The molecule has 1 aromatic carbocycles. The Morgan fingerprint density at radius 2 is 2.11 bits per heavy atom. The summed E-state index contributed by atoms with van der Waals surface area (Å²) in [5.41, 5.74) is 7.53. The maximum absolute atomic E-state index is 11.7. The molecular weight excluding hydrogens is 228 g/mol. The number of aryl methyl sites for hydroxylation is 1. The summed E-state index contributed by atoms with van der Waals surface area (Å²) in [6, 6.07) is 7.93. The van der Waals surface area contributed by atoms with Gasteiger partial charge in [-0.25, -0.2) is 0 Å². The molecule has 1 amide bonds. The number of carbonyl (C=O) groups is 1. The van der Waals surface area contributed by atoms with Gasteiger partial charge in [0.05, 0.1) is 13.0 Å². The fourth-order valence-corrected chi connectivity index (χ4v) is 1.63. The Bertz CT molecular complexity index is 367. The summed E-state index contributed by atoms with van der Waals surface area (Å²) in [6.45, 7) is 4.43. The van der Waals surface area contributed by atoms with Gasteiger partial charge in [0.15, 0.2) is 0 Å². The lowest BCUT2D eigenvalue weighted by atomic mass is 10.1. The molecule has 0 radical (unpaired) electrons. The summed E-state index contributed by atoms with van der Waals surface area (Å²) in [4.78, 5) is 11.7. The van der Waals surface area contributed by atoms with E-state index in [1.165, 1.54) is 0 Å². The van der Waals surface area contributed by atoms with E-state index >= 15 is 0 Å². The largest absolute Gasteiger partial charge is 0.380 e. The van der Waals surface area contributed by atoms with Crippen LogP contribution in [0.2, 0.25) is 0 Å². The van der Waals surface area contributed by atoms with Crippen LogP contribution in [-0.4, -0.2) is 32.2 Å². The monoisotopic (exact) mass is 250 g/mol. The molecule has 4 nitrogen and oxygen atoms in total. The second-order valence-electron chi connectivity index (χ2n) is 4.21. The zero-order chi connectivity index (χ0) is 13.2. The molecule has 0 aromatic heterocycles. The molecule has 4 heteroatoms. The SMILES string of the molecule is Cc1ccccc1CC(=O)NCCCOCCN. The Labute approximate surface area is 109 Å². The molecule has 3 N–H and O–H groups in total. The van der Waals surface area contributed by atoms with Crippen molar-refractivity contribution in [1.29, 1.82) is 0 Å². The van der Waals surface area contributed by atoms with Crippen molar-refractivity contribution in [1.82, 2.24) is 5.32 Å². The summed E-state index contributed by atoms with van der Waals surface area (Å²) in [7, 11) is 0. The zero-order valence-electron chi connectivity index (χ0n) is 10.9. The quantitative estimate of drug-likeness (QED) is 0.677. The standard InChI is InChI=1S/C14H22N2O2/c1-12-5-2-3-6-13(12)11-14(17)16-8-4-9-18-10-7-15/h2-3,5-6H,4,7-11,15H2,1H3,(H,16,17). The summed E-state index contributed by atoms with van der Waals surface area (Å²) in [5, 5.41) is 2.89. The second kappa shape index (κ2) is 8.66. The molecule has 1 aromatic rings. The van der Waals surface area contributed by atoms with Crippen LogP contribution in [0.1, 0.15) is 17.5 Å². The van der Waals surface area contributed by atoms with Crippen molar-refractivity contribution in [2.24, 2.45) is 5.73 Å². The van der Waals surface area contributed by atoms with Gasteiger partial charge in [-0.2, -0.15) is 0 Å². The minimum Gasteiger partial charge on any atom is -0.380 e. The maximum Gasteiger partial charge on any atom is 0.224 e. The van der Waals surface area contributed by atoms with Gasteiger partial charge >= 0.3 is 0 Å². The number of nitrogens with two attached hydrogens (primary N) is 1. The van der Waals surface area contributed by atoms with Gasteiger partial charge < -0.3 is 15.8 Å². The van der Waals surface area contributed by atoms with Gasteiger partial charge in [-0.15, -0.1) is 0 Å². The predicted octanol–water partition coefficient (Wildman–Crippen LogP) is 1.02. The van der Waals surface area contributed by atoms with Crippen LogP contribution in [0, 0.1) is 6.92 Å². The molecule has 100 valence electrons. The van der Waals surface area contributed by atoms with Crippen molar-refractivity contribution < 1.29 is 9.53 Å². The molecule has 0 aliphatic carbocycles. The van der Waals surface area contributed by atoms with Crippen molar-refractivity contribution >= 4 is 5.91 Å². The first-order valence-electron chi connectivity index (χ1n) is 6.33. The smallest absolute Gasteiger partial charge is 0.224 e. The molecule has 0 spiro atoms. The van der Waals surface area contributed by atoms with Gasteiger partial charge in [-0.1, -0.05) is 24.3 Å². The first-order chi connectivity index (χ1) is 8.74. The van der Waals surface area contributed by atoms with Crippen molar-refractivity contribution in [3.8, 4) is 0 Å². The summed E-state index contributed by atoms with van der Waals surface area (Å²) in [6.07, 6.45) is 1.26. The number of rotatable bonds is 8. The topological polar surface area (TPSA) is 64.3 Å². The highest BCUT2D eigenvalue weighted by Gasteiger charge is 2.04. The van der Waals surface area contributed by atoms with Crippen LogP contribution in [0.4, 0.5) is 0 Å². The molecule has 0 heterocycles. The molecule has 0 saturated heterocycles. The van der Waals surface area contributed by atoms with Crippen molar-refractivity contribution in [3.05, 3.63) is 35.4 Å². The highest BCUT2D eigenvalue weighted by Crippen LogP contribution is 2.07. The predicted molar refractivity (Wildman–Crippen MR) is 72.4 cm³/mol. The molecule has 18 heavy (non-hydrogen) atoms. The fourth-order valence-electron chi connectivity index (χ4n) is 1.63. The molecule has 1 rings (SSSR count). The van der Waals surface area contributed by atoms with E-state index in [2.05, 4.69) is 5.32 Å². The molecule has 0 fully saturated rings. The lowest BCUT2D eigenvalue weighted by Crippen LogP contribution is -2.27. The van der Waals surface area contributed by atoms with Crippen LogP contribution >= 0.6 is 0 Å². The molecular formula is C14H22N2O2. The minimum atomic E-state index is 0.0584. The molecule has 0 atom stereocenters. The number of hydrogen-bond acceptors (Lipinski definition) is 3. The van der Waals surface area contributed by atoms with E-state index in [0.29, 0.717) is 32.7 Å². The normalized spacial score (nSPS) is 10.3. The van der Waals surface area contributed by atoms with Crippen LogP contribution in [0.25, 0.3) is 0 Å². The average molecular weight is 250 g/mol. The van der Waals surface area contributed by atoms with E-state index in [0.717, 1.165) is 17.5 Å². The van der Waals surface area contributed by atoms with Gasteiger partial charge in [0.1, 0.15) is 0 Å². The van der Waals surface area contributed by atoms with Crippen molar-refractivity contribution in [2.45, 2.75) is 19.8 Å². The van der Waals surface area contributed by atoms with Crippen LogP contribution in [0.15, 0.2) is 24.3 Å². The average Bonchev–Trinajstić information content (AvgIpc) is 2.36. The molecule has 0 aliphatic rings. The molecule has 0 aliphatic heterocycles. The van der Waals surface area contributed by atoms with Crippen molar-refractivity contribution in [2.75, 3.05) is 26.3 Å². The highest BCUT2D eigenvalue weighted by molar-refractivity contribution is 5.78.